The molecule has 0 radical (unpaired) electrons. The maximum Gasteiger partial charge on any atom is 0.331 e. The minimum absolute atomic E-state index is 0.0856. The predicted octanol–water partition coefficient (Wildman–Crippen LogP) is 1.98. The maximum absolute atomic E-state index is 13.3. The van der Waals surface area contributed by atoms with Crippen LogP contribution in [0.2, 0.25) is 0 Å². The number of hydroxylamine groups is 1. The highest BCUT2D eigenvalue weighted by molar-refractivity contribution is 5.93. The molecule has 0 atom stereocenters. The van der Waals surface area contributed by atoms with Crippen LogP contribution in [0, 0.1) is 0 Å². The van der Waals surface area contributed by atoms with E-state index in [1.807, 2.05) is 0 Å². The molecule has 0 fully saturated rings. The lowest BCUT2D eigenvalue weighted by Crippen LogP contribution is -2.40. The van der Waals surface area contributed by atoms with Gasteiger partial charge in [-0.2, -0.15) is 0 Å². The van der Waals surface area contributed by atoms with Crippen molar-refractivity contribution in [2.75, 3.05) is 0 Å². The fourth-order valence-electron chi connectivity index (χ4n) is 3.69. The number of rotatable bonds is 6. The minimum atomic E-state index is -0.641. The Labute approximate surface area is 187 Å². The lowest BCUT2D eigenvalue weighted by Gasteiger charge is -2.14. The van der Waals surface area contributed by atoms with E-state index in [1.165, 1.54) is 28.8 Å². The number of hydrogen-bond acceptors (Lipinski definition) is 6. The highest BCUT2D eigenvalue weighted by atomic mass is 16.5. The number of hydrogen-bond donors (Lipinski definition) is 4. The van der Waals surface area contributed by atoms with E-state index in [4.69, 9.17) is 5.21 Å². The van der Waals surface area contributed by atoms with E-state index >= 15 is 0 Å². The highest BCUT2D eigenvalue weighted by Crippen LogP contribution is 2.25. The molecule has 0 unspecified atom stereocenters. The smallest absolute Gasteiger partial charge is 0.331 e. The normalized spacial score (nSPS) is 10.9. The van der Waals surface area contributed by atoms with Crippen molar-refractivity contribution in [2.45, 2.75) is 19.5 Å². The largest absolute Gasteiger partial charge is 0.504 e. The first-order chi connectivity index (χ1) is 15.9. The molecule has 0 bridgehead atoms. The summed E-state index contributed by atoms with van der Waals surface area (Å²) in [5, 5.41) is 28.3. The Morgan fingerprint density at radius 2 is 1.55 bits per heavy atom. The molecule has 0 aliphatic heterocycles. The zero-order valence-corrected chi connectivity index (χ0v) is 17.4. The van der Waals surface area contributed by atoms with Crippen LogP contribution >= 0.6 is 0 Å². The van der Waals surface area contributed by atoms with Gasteiger partial charge in [-0.1, -0.05) is 30.3 Å². The molecule has 0 saturated carbocycles. The SMILES string of the molecule is O=C(NO)c1ccc(Cn2c(=O)n(CCc3ccc(O)c(O)c3)c(=O)c3ccccc32)cc1. The fourth-order valence-corrected chi connectivity index (χ4v) is 3.69. The van der Waals surface area contributed by atoms with Crippen molar-refractivity contribution < 1.29 is 20.2 Å². The minimum Gasteiger partial charge on any atom is -0.504 e. The zero-order chi connectivity index (χ0) is 23.5. The Morgan fingerprint density at radius 1 is 0.848 bits per heavy atom. The number of aromatic nitrogens is 2. The number of amides is 1. The Hall–Kier alpha value is -4.37. The van der Waals surface area contributed by atoms with Crippen molar-refractivity contribution in [3.8, 4) is 11.5 Å². The summed E-state index contributed by atoms with van der Waals surface area (Å²) in [6.07, 6.45) is 0.298. The second-order valence-corrected chi connectivity index (χ2v) is 7.55. The van der Waals surface area contributed by atoms with Crippen LogP contribution < -0.4 is 16.7 Å². The number of phenols is 2. The zero-order valence-electron chi connectivity index (χ0n) is 17.4. The number of para-hydroxylation sites is 1. The van der Waals surface area contributed by atoms with Crippen molar-refractivity contribution in [3.63, 3.8) is 0 Å². The van der Waals surface area contributed by atoms with E-state index < -0.39 is 17.2 Å². The number of aromatic hydroxyl groups is 2. The van der Waals surface area contributed by atoms with Gasteiger partial charge in [0, 0.05) is 12.1 Å². The Kier molecular flexibility index (Phi) is 5.97. The predicted molar refractivity (Wildman–Crippen MR) is 121 cm³/mol. The molecule has 4 N–H and O–H groups in total. The second kappa shape index (κ2) is 9.01. The molecule has 3 aromatic carbocycles. The molecule has 4 rings (SSSR count). The summed E-state index contributed by atoms with van der Waals surface area (Å²) in [4.78, 5) is 37.9. The first-order valence-electron chi connectivity index (χ1n) is 10.2. The quantitative estimate of drug-likeness (QED) is 0.203. The van der Waals surface area contributed by atoms with Crippen LogP contribution in [0.15, 0.2) is 76.3 Å². The van der Waals surface area contributed by atoms with Crippen molar-refractivity contribution in [3.05, 3.63) is 104 Å². The molecule has 0 aliphatic rings. The summed E-state index contributed by atoms with van der Waals surface area (Å²) in [6, 6.07) is 17.6. The fraction of sp³-hybridized carbons (Fsp3) is 0.125. The first kappa shape index (κ1) is 21.8. The van der Waals surface area contributed by atoms with Crippen LogP contribution in [0.3, 0.4) is 0 Å². The number of fused-ring (bicyclic) bond motifs is 1. The van der Waals surface area contributed by atoms with Crippen LogP contribution in [0.4, 0.5) is 0 Å². The topological polar surface area (TPSA) is 134 Å². The van der Waals surface area contributed by atoms with E-state index in [-0.39, 0.29) is 30.2 Å². The van der Waals surface area contributed by atoms with Crippen molar-refractivity contribution in [1.82, 2.24) is 14.6 Å². The Bertz CT molecular complexity index is 1450. The van der Waals surface area contributed by atoms with Gasteiger partial charge in [0.05, 0.1) is 17.4 Å². The molecule has 9 heteroatoms. The van der Waals surface area contributed by atoms with Crippen LogP contribution in [-0.2, 0) is 19.5 Å². The van der Waals surface area contributed by atoms with Crippen molar-refractivity contribution >= 4 is 16.8 Å². The molecule has 4 aromatic rings. The molecular weight excluding hydrogens is 426 g/mol. The molecular formula is C24H21N3O6. The van der Waals surface area contributed by atoms with Gasteiger partial charge in [0.2, 0.25) is 0 Å². The average Bonchev–Trinajstić information content (AvgIpc) is 2.83. The van der Waals surface area contributed by atoms with E-state index in [2.05, 4.69) is 0 Å². The van der Waals surface area contributed by atoms with Gasteiger partial charge in [0.1, 0.15) is 0 Å². The summed E-state index contributed by atoms with van der Waals surface area (Å²) < 4.78 is 2.64. The number of nitrogens with zero attached hydrogens (tertiary/aromatic N) is 2. The summed E-state index contributed by atoms with van der Waals surface area (Å²) in [5.74, 6) is -1.15. The van der Waals surface area contributed by atoms with Gasteiger partial charge < -0.3 is 10.2 Å². The molecule has 33 heavy (non-hydrogen) atoms. The van der Waals surface area contributed by atoms with Gasteiger partial charge in [-0.15, -0.1) is 0 Å². The molecule has 0 aliphatic carbocycles. The van der Waals surface area contributed by atoms with Crippen molar-refractivity contribution in [1.29, 1.82) is 0 Å². The van der Waals surface area contributed by atoms with E-state index in [0.29, 0.717) is 22.9 Å². The summed E-state index contributed by atoms with van der Waals surface area (Å²) in [5.41, 5.74) is 2.81. The molecule has 9 nitrogen and oxygen atoms in total. The molecule has 1 heterocycles. The van der Waals surface area contributed by atoms with Gasteiger partial charge in [0.15, 0.2) is 11.5 Å². The van der Waals surface area contributed by atoms with Crippen LogP contribution in [-0.4, -0.2) is 30.5 Å². The molecule has 0 spiro atoms. The maximum atomic E-state index is 13.3. The van der Waals surface area contributed by atoms with E-state index in [1.54, 1.807) is 47.9 Å². The van der Waals surface area contributed by atoms with Gasteiger partial charge in [-0.3, -0.25) is 23.9 Å². The lowest BCUT2D eigenvalue weighted by molar-refractivity contribution is 0.0706. The van der Waals surface area contributed by atoms with Gasteiger partial charge in [-0.05, 0) is 53.9 Å². The monoisotopic (exact) mass is 447 g/mol. The van der Waals surface area contributed by atoms with E-state index in [0.717, 1.165) is 10.1 Å². The molecule has 1 aromatic heterocycles. The third-order valence-corrected chi connectivity index (χ3v) is 5.45. The van der Waals surface area contributed by atoms with Gasteiger partial charge in [-0.25, -0.2) is 10.3 Å². The number of phenolic OH excluding ortho intramolecular Hbond substituents is 2. The van der Waals surface area contributed by atoms with Gasteiger partial charge >= 0.3 is 5.69 Å². The number of nitrogens with one attached hydrogen (secondary N) is 1. The summed E-state index contributed by atoms with van der Waals surface area (Å²) in [7, 11) is 0. The average molecular weight is 447 g/mol. The first-order valence-corrected chi connectivity index (χ1v) is 10.2. The van der Waals surface area contributed by atoms with Crippen LogP contribution in [0.25, 0.3) is 10.9 Å². The highest BCUT2D eigenvalue weighted by Gasteiger charge is 2.14. The standard InChI is InChI=1S/C24H21N3O6/c28-20-10-7-15(13-21(20)29)11-12-26-23(31)18-3-1-2-4-19(18)27(24(26)32)14-16-5-8-17(9-6-16)22(30)25-33/h1-10,13,28-29,33H,11-12,14H2,(H,25,30). The molecule has 0 saturated heterocycles. The Morgan fingerprint density at radius 3 is 2.24 bits per heavy atom. The molecule has 1 amide bonds. The number of aryl methyl sites for hydroxylation is 1. The third-order valence-electron chi connectivity index (χ3n) is 5.45. The lowest BCUT2D eigenvalue weighted by atomic mass is 10.1. The number of carbonyl (C=O) groups is 1. The second-order valence-electron chi connectivity index (χ2n) is 7.55. The number of carbonyl (C=O) groups excluding carboxylic acids is 1. The summed E-state index contributed by atoms with van der Waals surface area (Å²) >= 11 is 0. The third kappa shape index (κ3) is 4.35. The van der Waals surface area contributed by atoms with Crippen LogP contribution in [0.1, 0.15) is 21.5 Å². The number of benzene rings is 3. The van der Waals surface area contributed by atoms with Gasteiger partial charge in [0.25, 0.3) is 11.5 Å². The summed E-state index contributed by atoms with van der Waals surface area (Å²) in [6.45, 7) is 0.253. The van der Waals surface area contributed by atoms with Crippen molar-refractivity contribution in [2.24, 2.45) is 0 Å². The van der Waals surface area contributed by atoms with E-state index in [9.17, 15) is 24.6 Å². The van der Waals surface area contributed by atoms with Crippen LogP contribution in [0.5, 0.6) is 11.5 Å². The molecule has 168 valence electrons. The Balaban J connectivity index is 1.73.